The Morgan fingerprint density at radius 2 is 2.08 bits per heavy atom. The Hall–Kier alpha value is -2.70. The van der Waals surface area contributed by atoms with Gasteiger partial charge in [0.05, 0.1) is 12.2 Å². The third-order valence-electron chi connectivity index (χ3n) is 6.79. The SMILES string of the molecule is C=CC(=CC(=CC)OC(C)c1c(Cl)ccc(F)c1C)c1cnn(C2CCN(CCCC(C)=O)CC2)c1. The second-order valence-electron chi connectivity index (χ2n) is 9.41. The van der Waals surface area contributed by atoms with E-state index in [0.29, 0.717) is 34.4 Å². The molecule has 1 unspecified atom stereocenters. The molecule has 1 atom stereocenters. The molecule has 0 spiro atoms. The van der Waals surface area contributed by atoms with Crippen LogP contribution in [-0.4, -0.2) is 40.1 Å². The largest absolute Gasteiger partial charge is 0.486 e. The first-order chi connectivity index (χ1) is 17.2. The average molecular weight is 514 g/mol. The van der Waals surface area contributed by atoms with Gasteiger partial charge in [0.1, 0.15) is 23.5 Å². The number of carbonyl (C=O) groups excluding carboxylic acids is 1. The van der Waals surface area contributed by atoms with Crippen LogP contribution in [0.3, 0.4) is 0 Å². The quantitative estimate of drug-likeness (QED) is 0.234. The van der Waals surface area contributed by atoms with E-state index in [0.717, 1.165) is 50.0 Å². The summed E-state index contributed by atoms with van der Waals surface area (Å²) in [6.07, 6.45) is 12.7. The van der Waals surface area contributed by atoms with Crippen molar-refractivity contribution in [3.8, 4) is 0 Å². The molecule has 2 aromatic rings. The summed E-state index contributed by atoms with van der Waals surface area (Å²) in [5.74, 6) is 0.598. The number of halogens is 2. The fraction of sp³-hybridized carbons (Fsp3) is 0.448. The van der Waals surface area contributed by atoms with Gasteiger partial charge in [-0.25, -0.2) is 4.39 Å². The van der Waals surface area contributed by atoms with Gasteiger partial charge in [-0.2, -0.15) is 5.10 Å². The Kier molecular flexibility index (Phi) is 10.1. The van der Waals surface area contributed by atoms with Crippen LogP contribution in [-0.2, 0) is 9.53 Å². The second-order valence-corrected chi connectivity index (χ2v) is 9.82. The molecule has 5 nitrogen and oxygen atoms in total. The van der Waals surface area contributed by atoms with Gasteiger partial charge in [0.15, 0.2) is 0 Å². The van der Waals surface area contributed by atoms with E-state index in [9.17, 15) is 9.18 Å². The van der Waals surface area contributed by atoms with Crippen LogP contribution < -0.4 is 0 Å². The summed E-state index contributed by atoms with van der Waals surface area (Å²) in [7, 11) is 0. The van der Waals surface area contributed by atoms with E-state index in [1.165, 1.54) is 6.07 Å². The van der Waals surface area contributed by atoms with Crippen molar-refractivity contribution in [2.75, 3.05) is 19.6 Å². The monoisotopic (exact) mass is 513 g/mol. The van der Waals surface area contributed by atoms with Gasteiger partial charge in [-0.15, -0.1) is 0 Å². The van der Waals surface area contributed by atoms with Gasteiger partial charge in [-0.05, 0) is 88.9 Å². The van der Waals surface area contributed by atoms with Crippen molar-refractivity contribution < 1.29 is 13.9 Å². The molecule has 1 aliphatic heterocycles. The molecular formula is C29H37ClFN3O2. The maximum atomic E-state index is 14.1. The lowest BCUT2D eigenvalue weighted by Gasteiger charge is -2.31. The van der Waals surface area contributed by atoms with Gasteiger partial charge >= 0.3 is 0 Å². The fourth-order valence-corrected chi connectivity index (χ4v) is 5.03. The molecule has 2 heterocycles. The number of hydrogen-bond acceptors (Lipinski definition) is 4. The highest BCUT2D eigenvalue weighted by Gasteiger charge is 2.22. The molecule has 0 amide bonds. The maximum absolute atomic E-state index is 14.1. The van der Waals surface area contributed by atoms with Crippen LogP contribution >= 0.6 is 11.6 Å². The molecule has 0 N–H and O–H groups in total. The van der Waals surface area contributed by atoms with Crippen molar-refractivity contribution in [2.45, 2.75) is 65.5 Å². The molecule has 0 bridgehead atoms. The van der Waals surface area contributed by atoms with Crippen molar-refractivity contribution in [1.82, 2.24) is 14.7 Å². The van der Waals surface area contributed by atoms with E-state index >= 15 is 0 Å². The van der Waals surface area contributed by atoms with Crippen LogP contribution in [0.25, 0.3) is 5.57 Å². The Morgan fingerprint density at radius 3 is 2.72 bits per heavy atom. The number of nitrogens with zero attached hydrogens (tertiary/aromatic N) is 3. The lowest BCUT2D eigenvalue weighted by molar-refractivity contribution is -0.117. The number of carbonyl (C=O) groups is 1. The molecule has 1 aromatic heterocycles. The van der Waals surface area contributed by atoms with Gasteiger partial charge in [0.2, 0.25) is 0 Å². The minimum absolute atomic E-state index is 0.258. The third-order valence-corrected chi connectivity index (χ3v) is 7.12. The first kappa shape index (κ1) is 27.9. The van der Waals surface area contributed by atoms with Gasteiger partial charge in [0.25, 0.3) is 0 Å². The fourth-order valence-electron chi connectivity index (χ4n) is 4.68. The standard InChI is InChI=1S/C29H37ClFN3O2/c1-6-23(17-26(7-2)36-22(5)29-21(4)28(31)11-10-27(29)30)24-18-32-34(19-24)25-12-15-33(16-13-25)14-8-9-20(3)35/h6-7,10-11,17-19,22,25H,1,8-9,12-16H2,2-5H3. The predicted molar refractivity (Wildman–Crippen MR) is 144 cm³/mol. The number of piperidine rings is 1. The number of benzene rings is 1. The first-order valence-electron chi connectivity index (χ1n) is 12.6. The van der Waals surface area contributed by atoms with Gasteiger partial charge < -0.3 is 14.4 Å². The highest BCUT2D eigenvalue weighted by molar-refractivity contribution is 6.31. The summed E-state index contributed by atoms with van der Waals surface area (Å²) in [5, 5.41) is 5.12. The summed E-state index contributed by atoms with van der Waals surface area (Å²) in [6, 6.07) is 3.28. The molecule has 0 aliphatic carbocycles. The van der Waals surface area contributed by atoms with E-state index in [2.05, 4.69) is 22.8 Å². The minimum Gasteiger partial charge on any atom is -0.486 e. The minimum atomic E-state index is -0.426. The third kappa shape index (κ3) is 7.17. The van der Waals surface area contributed by atoms with Crippen LogP contribution in [0.1, 0.15) is 75.3 Å². The molecular weight excluding hydrogens is 477 g/mol. The van der Waals surface area contributed by atoms with Crippen molar-refractivity contribution in [3.63, 3.8) is 0 Å². The highest BCUT2D eigenvalue weighted by atomic mass is 35.5. The number of likely N-dealkylation sites (tertiary alicyclic amines) is 1. The average Bonchev–Trinajstić information content (AvgIpc) is 3.34. The maximum Gasteiger partial charge on any atom is 0.129 e. The van der Waals surface area contributed by atoms with Crippen molar-refractivity contribution in [3.05, 3.63) is 82.6 Å². The number of aromatic nitrogens is 2. The summed E-state index contributed by atoms with van der Waals surface area (Å²) >= 11 is 6.35. The van der Waals surface area contributed by atoms with Crippen LogP contribution in [0, 0.1) is 12.7 Å². The summed E-state index contributed by atoms with van der Waals surface area (Å²) in [5.41, 5.74) is 2.99. The molecule has 1 saturated heterocycles. The molecule has 194 valence electrons. The Labute approximate surface area is 219 Å². The number of allylic oxidation sites excluding steroid dienone is 4. The van der Waals surface area contributed by atoms with Gasteiger partial charge in [-0.1, -0.05) is 24.3 Å². The summed E-state index contributed by atoms with van der Waals surface area (Å²) < 4.78 is 22.3. The molecule has 3 rings (SSSR count). The lowest BCUT2D eigenvalue weighted by Crippen LogP contribution is -2.35. The van der Waals surface area contributed by atoms with E-state index in [1.807, 2.05) is 36.9 Å². The van der Waals surface area contributed by atoms with Gasteiger partial charge in [-0.3, -0.25) is 4.68 Å². The van der Waals surface area contributed by atoms with Crippen LogP contribution in [0.4, 0.5) is 4.39 Å². The number of Topliss-reactive ketones (excluding diaryl/α,β-unsaturated/α-hetero) is 1. The lowest BCUT2D eigenvalue weighted by atomic mass is 10.0. The van der Waals surface area contributed by atoms with Crippen LogP contribution in [0.15, 0.2) is 55.1 Å². The van der Waals surface area contributed by atoms with E-state index in [-0.39, 0.29) is 11.6 Å². The van der Waals surface area contributed by atoms with E-state index < -0.39 is 6.10 Å². The summed E-state index contributed by atoms with van der Waals surface area (Å²) in [4.78, 5) is 13.6. The second kappa shape index (κ2) is 13.0. The van der Waals surface area contributed by atoms with Crippen molar-refractivity contribution in [1.29, 1.82) is 0 Å². The Morgan fingerprint density at radius 1 is 1.36 bits per heavy atom. The number of ether oxygens (including phenoxy) is 1. The topological polar surface area (TPSA) is 47.4 Å². The van der Waals surface area contributed by atoms with Crippen molar-refractivity contribution >= 4 is 23.0 Å². The normalized spacial score (nSPS) is 16.7. The highest BCUT2D eigenvalue weighted by Crippen LogP contribution is 2.32. The van der Waals surface area contributed by atoms with E-state index in [1.54, 1.807) is 26.0 Å². The zero-order valence-corrected chi connectivity index (χ0v) is 22.5. The smallest absolute Gasteiger partial charge is 0.129 e. The molecule has 0 saturated carbocycles. The molecule has 1 fully saturated rings. The van der Waals surface area contributed by atoms with Crippen LogP contribution in [0.5, 0.6) is 0 Å². The number of ketones is 1. The zero-order valence-electron chi connectivity index (χ0n) is 21.8. The Balaban J connectivity index is 1.66. The van der Waals surface area contributed by atoms with E-state index in [4.69, 9.17) is 16.3 Å². The van der Waals surface area contributed by atoms with Crippen LogP contribution in [0.2, 0.25) is 5.02 Å². The molecule has 1 aromatic carbocycles. The number of hydrogen-bond donors (Lipinski definition) is 0. The molecule has 1 aliphatic rings. The number of rotatable bonds is 11. The molecule has 36 heavy (non-hydrogen) atoms. The van der Waals surface area contributed by atoms with Crippen molar-refractivity contribution in [2.24, 2.45) is 0 Å². The zero-order chi connectivity index (χ0) is 26.2. The first-order valence-corrected chi connectivity index (χ1v) is 13.0. The Bertz CT molecular complexity index is 1130. The molecule has 0 radical (unpaired) electrons. The molecule has 7 heteroatoms. The van der Waals surface area contributed by atoms with Gasteiger partial charge in [0, 0.05) is 41.9 Å². The predicted octanol–water partition coefficient (Wildman–Crippen LogP) is 7.24. The summed E-state index contributed by atoms with van der Waals surface area (Å²) in [6.45, 7) is 14.1.